The Morgan fingerprint density at radius 1 is 0.645 bits per heavy atom. The van der Waals surface area contributed by atoms with Crippen molar-refractivity contribution in [2.45, 2.75) is 155 Å². The standard InChI is InChI=1S/C27H55NO2.Na/c1-4-6-8-10-12-14-16-18-20-24-28(26(3)22-23-27(29)30)25-21-19-17-15-13-11-9-7-5-2;/h26H,4-25H2,1-3H3,(H,29,30);/q;+1/p-1. The molecule has 31 heavy (non-hydrogen) atoms. The van der Waals surface area contributed by atoms with E-state index in [4.69, 9.17) is 0 Å². The molecule has 0 N–H and O–H groups in total. The molecular formula is C27H54NNaO2. The van der Waals surface area contributed by atoms with Crippen molar-refractivity contribution < 1.29 is 39.5 Å². The largest absolute Gasteiger partial charge is 1.00 e. The van der Waals surface area contributed by atoms with Gasteiger partial charge in [-0.3, -0.25) is 0 Å². The summed E-state index contributed by atoms with van der Waals surface area (Å²) in [7, 11) is 0. The summed E-state index contributed by atoms with van der Waals surface area (Å²) >= 11 is 0. The van der Waals surface area contributed by atoms with Crippen LogP contribution >= 0.6 is 0 Å². The number of carboxylic acids is 1. The summed E-state index contributed by atoms with van der Waals surface area (Å²) in [4.78, 5) is 13.4. The molecule has 1 unspecified atom stereocenters. The van der Waals surface area contributed by atoms with Crippen LogP contribution in [0.15, 0.2) is 0 Å². The van der Waals surface area contributed by atoms with Crippen molar-refractivity contribution in [1.29, 1.82) is 0 Å². The molecule has 0 saturated heterocycles. The Bertz CT molecular complexity index is 343. The molecule has 1 atom stereocenters. The number of carbonyl (C=O) groups is 1. The minimum Gasteiger partial charge on any atom is -0.550 e. The Kier molecular flexibility index (Phi) is 28.9. The summed E-state index contributed by atoms with van der Waals surface area (Å²) in [5, 5.41) is 10.8. The van der Waals surface area contributed by atoms with E-state index in [0.29, 0.717) is 6.04 Å². The normalized spacial score (nSPS) is 12.1. The average molecular weight is 448 g/mol. The molecule has 0 aliphatic heterocycles. The van der Waals surface area contributed by atoms with Crippen LogP contribution in [-0.4, -0.2) is 30.0 Å². The van der Waals surface area contributed by atoms with Gasteiger partial charge in [-0.1, -0.05) is 117 Å². The number of unbranched alkanes of at least 4 members (excludes halogenated alkanes) is 16. The first-order valence-corrected chi connectivity index (χ1v) is 13.6. The van der Waals surface area contributed by atoms with Crippen LogP contribution in [0.4, 0.5) is 0 Å². The van der Waals surface area contributed by atoms with Gasteiger partial charge in [-0.25, -0.2) is 0 Å². The molecule has 0 aliphatic rings. The number of rotatable bonds is 24. The van der Waals surface area contributed by atoms with Crippen LogP contribution in [0.5, 0.6) is 0 Å². The monoisotopic (exact) mass is 447 g/mol. The molecule has 0 amide bonds. The number of nitrogens with zero attached hydrogens (tertiary/aromatic N) is 1. The van der Waals surface area contributed by atoms with E-state index < -0.39 is 5.97 Å². The van der Waals surface area contributed by atoms with E-state index in [2.05, 4.69) is 25.7 Å². The molecule has 0 aromatic rings. The molecule has 4 heteroatoms. The third-order valence-electron chi connectivity index (χ3n) is 6.49. The summed E-state index contributed by atoms with van der Waals surface area (Å²) in [5.74, 6) is -0.909. The Morgan fingerprint density at radius 3 is 1.29 bits per heavy atom. The van der Waals surface area contributed by atoms with Gasteiger partial charge in [-0.2, -0.15) is 0 Å². The molecule has 0 rings (SSSR count). The Morgan fingerprint density at radius 2 is 0.968 bits per heavy atom. The average Bonchev–Trinajstić information content (AvgIpc) is 2.73. The fourth-order valence-electron chi connectivity index (χ4n) is 4.31. The van der Waals surface area contributed by atoms with Crippen molar-refractivity contribution in [2.24, 2.45) is 0 Å². The molecule has 0 aromatic heterocycles. The van der Waals surface area contributed by atoms with Crippen LogP contribution in [0.25, 0.3) is 0 Å². The smallest absolute Gasteiger partial charge is 0.550 e. The summed E-state index contributed by atoms with van der Waals surface area (Å²) in [6.07, 6.45) is 25.3. The fourth-order valence-corrected chi connectivity index (χ4v) is 4.31. The fraction of sp³-hybridized carbons (Fsp3) is 0.963. The molecule has 0 bridgehead atoms. The molecule has 0 aliphatic carbocycles. The van der Waals surface area contributed by atoms with Crippen molar-refractivity contribution in [3.05, 3.63) is 0 Å². The van der Waals surface area contributed by atoms with Gasteiger partial charge in [0.1, 0.15) is 0 Å². The molecule has 0 aromatic carbocycles. The topological polar surface area (TPSA) is 43.4 Å². The second-order valence-electron chi connectivity index (χ2n) is 9.45. The van der Waals surface area contributed by atoms with E-state index in [9.17, 15) is 9.90 Å². The number of carbonyl (C=O) groups excluding carboxylic acids is 1. The molecule has 0 fully saturated rings. The van der Waals surface area contributed by atoms with Crippen LogP contribution in [0, 0.1) is 0 Å². The van der Waals surface area contributed by atoms with Gasteiger partial charge in [0.2, 0.25) is 0 Å². The maximum Gasteiger partial charge on any atom is 1.00 e. The van der Waals surface area contributed by atoms with E-state index in [0.717, 1.165) is 19.5 Å². The van der Waals surface area contributed by atoms with Gasteiger partial charge < -0.3 is 14.8 Å². The predicted molar refractivity (Wildman–Crippen MR) is 130 cm³/mol. The van der Waals surface area contributed by atoms with E-state index in [1.807, 2.05) is 0 Å². The summed E-state index contributed by atoms with van der Waals surface area (Å²) < 4.78 is 0. The van der Waals surface area contributed by atoms with Gasteiger partial charge in [-0.15, -0.1) is 0 Å². The first-order chi connectivity index (χ1) is 14.6. The molecule has 0 saturated carbocycles. The van der Waals surface area contributed by atoms with Gasteiger partial charge >= 0.3 is 29.6 Å². The molecule has 3 nitrogen and oxygen atoms in total. The van der Waals surface area contributed by atoms with Gasteiger partial charge in [0, 0.05) is 12.0 Å². The van der Waals surface area contributed by atoms with Crippen LogP contribution in [0.1, 0.15) is 149 Å². The third-order valence-corrected chi connectivity index (χ3v) is 6.49. The Labute approximate surface area is 217 Å². The van der Waals surface area contributed by atoms with E-state index in [-0.39, 0.29) is 36.0 Å². The van der Waals surface area contributed by atoms with E-state index >= 15 is 0 Å². The van der Waals surface area contributed by atoms with Crippen LogP contribution in [0.2, 0.25) is 0 Å². The van der Waals surface area contributed by atoms with Gasteiger partial charge in [-0.05, 0) is 45.7 Å². The minimum atomic E-state index is -0.909. The zero-order valence-corrected chi connectivity index (χ0v) is 23.9. The number of hydrogen-bond acceptors (Lipinski definition) is 3. The van der Waals surface area contributed by atoms with E-state index in [1.54, 1.807) is 0 Å². The summed E-state index contributed by atoms with van der Waals surface area (Å²) in [5.41, 5.74) is 0. The number of aliphatic carboxylic acids is 1. The molecule has 0 spiro atoms. The Hall–Kier alpha value is 0.430. The SMILES string of the molecule is CCCCCCCCCCCN(CCCCCCCCCCC)C(C)CCC(=O)[O-].[Na+]. The minimum absolute atomic E-state index is 0. The molecule has 0 radical (unpaired) electrons. The summed E-state index contributed by atoms with van der Waals surface area (Å²) in [6, 6.07) is 0.353. The predicted octanol–water partition coefficient (Wildman–Crippen LogP) is 4.27. The van der Waals surface area contributed by atoms with Gasteiger partial charge in [0.15, 0.2) is 0 Å². The third kappa shape index (κ3) is 24.9. The second-order valence-corrected chi connectivity index (χ2v) is 9.45. The number of hydrogen-bond donors (Lipinski definition) is 0. The van der Waals surface area contributed by atoms with Crippen molar-refractivity contribution in [2.75, 3.05) is 13.1 Å². The first-order valence-electron chi connectivity index (χ1n) is 13.6. The molecule has 0 heterocycles. The van der Waals surface area contributed by atoms with Crippen LogP contribution in [-0.2, 0) is 4.79 Å². The van der Waals surface area contributed by atoms with Crippen molar-refractivity contribution in [3.63, 3.8) is 0 Å². The van der Waals surface area contributed by atoms with Gasteiger partial charge in [0.25, 0.3) is 0 Å². The number of carboxylic acid groups (broad SMARTS) is 1. The maximum atomic E-state index is 10.8. The van der Waals surface area contributed by atoms with Crippen molar-refractivity contribution >= 4 is 5.97 Å². The van der Waals surface area contributed by atoms with E-state index in [1.165, 1.54) is 116 Å². The van der Waals surface area contributed by atoms with Crippen molar-refractivity contribution in [1.82, 2.24) is 4.90 Å². The van der Waals surface area contributed by atoms with Crippen LogP contribution < -0.4 is 34.7 Å². The zero-order chi connectivity index (χ0) is 22.3. The zero-order valence-electron chi connectivity index (χ0n) is 21.9. The molecular weight excluding hydrogens is 393 g/mol. The second kappa shape index (κ2) is 26.7. The summed E-state index contributed by atoms with van der Waals surface area (Å²) in [6.45, 7) is 9.00. The maximum absolute atomic E-state index is 10.8. The van der Waals surface area contributed by atoms with Gasteiger partial charge in [0.05, 0.1) is 0 Å². The van der Waals surface area contributed by atoms with Crippen molar-refractivity contribution in [3.8, 4) is 0 Å². The first kappa shape index (κ1) is 33.6. The quantitative estimate of drug-likeness (QED) is 0.164. The van der Waals surface area contributed by atoms with Crippen LogP contribution in [0.3, 0.4) is 0 Å². The Balaban J connectivity index is 0. The molecule has 180 valence electrons.